The summed E-state index contributed by atoms with van der Waals surface area (Å²) in [6.07, 6.45) is 1.69. The highest BCUT2D eigenvalue weighted by Crippen LogP contribution is 2.30. The topological polar surface area (TPSA) is 45.2 Å². The van der Waals surface area contributed by atoms with E-state index in [2.05, 4.69) is 24.1 Å². The molecule has 0 atom stereocenters. The van der Waals surface area contributed by atoms with E-state index in [-0.39, 0.29) is 10.7 Å². The Hall–Kier alpha value is -1.23. The Balaban J connectivity index is 2.20. The maximum Gasteiger partial charge on any atom is 0.257 e. The molecule has 4 nitrogen and oxygen atoms in total. The van der Waals surface area contributed by atoms with Crippen LogP contribution in [0.4, 0.5) is 5.82 Å². The van der Waals surface area contributed by atoms with E-state index >= 15 is 0 Å². The molecule has 18 heavy (non-hydrogen) atoms. The molecule has 2 heterocycles. The molecule has 0 unspecified atom stereocenters. The molecule has 0 bridgehead atoms. The van der Waals surface area contributed by atoms with Crippen molar-refractivity contribution in [3.63, 3.8) is 0 Å². The normalized spacial score (nSPS) is 18.5. The molecule has 1 aromatic rings. The number of carbonyl (C=O) groups is 1. The van der Waals surface area contributed by atoms with E-state index in [9.17, 15) is 4.79 Å². The zero-order valence-corrected chi connectivity index (χ0v) is 11.9. The molecule has 98 valence electrons. The van der Waals surface area contributed by atoms with Crippen molar-refractivity contribution in [1.82, 2.24) is 9.88 Å². The molecule has 1 aliphatic heterocycles. The van der Waals surface area contributed by atoms with E-state index in [1.807, 2.05) is 22.7 Å². The molecule has 1 aromatic heterocycles. The van der Waals surface area contributed by atoms with Crippen molar-refractivity contribution in [3.8, 4) is 0 Å². The summed E-state index contributed by atoms with van der Waals surface area (Å²) >= 11 is 1.92. The lowest BCUT2D eigenvalue weighted by molar-refractivity contribution is 0.0748. The van der Waals surface area contributed by atoms with E-state index in [0.717, 1.165) is 18.8 Å². The van der Waals surface area contributed by atoms with Crippen molar-refractivity contribution in [2.75, 3.05) is 31.2 Å². The summed E-state index contributed by atoms with van der Waals surface area (Å²) < 4.78 is 0.135. The minimum absolute atomic E-state index is 0.0702. The number of pyridine rings is 1. The van der Waals surface area contributed by atoms with Crippen LogP contribution in [-0.4, -0.2) is 46.4 Å². The van der Waals surface area contributed by atoms with Crippen LogP contribution in [-0.2, 0) is 0 Å². The standard InChI is InChI=1S/C13H19N3OS/c1-13(2)9-16(7-8-18-13)12(17)10-5-4-6-15-11(10)14-3/h4-6H,7-9H2,1-3H3,(H,14,15). The van der Waals surface area contributed by atoms with Crippen molar-refractivity contribution >= 4 is 23.5 Å². The molecule has 1 amide bonds. The average molecular weight is 265 g/mol. The molecule has 1 fully saturated rings. The predicted octanol–water partition coefficient (Wildman–Crippen LogP) is 2.09. The second kappa shape index (κ2) is 5.18. The van der Waals surface area contributed by atoms with Crippen LogP contribution in [0.5, 0.6) is 0 Å². The highest BCUT2D eigenvalue weighted by atomic mass is 32.2. The Kier molecular flexibility index (Phi) is 3.80. The zero-order chi connectivity index (χ0) is 13.2. The largest absolute Gasteiger partial charge is 0.372 e. The lowest BCUT2D eigenvalue weighted by Gasteiger charge is -2.37. The second-order valence-electron chi connectivity index (χ2n) is 4.98. The van der Waals surface area contributed by atoms with Gasteiger partial charge in [-0.2, -0.15) is 11.8 Å². The lowest BCUT2D eigenvalue weighted by Crippen LogP contribution is -2.46. The van der Waals surface area contributed by atoms with Gasteiger partial charge in [-0.15, -0.1) is 0 Å². The molecule has 1 saturated heterocycles. The maximum absolute atomic E-state index is 12.5. The van der Waals surface area contributed by atoms with Crippen molar-refractivity contribution < 1.29 is 4.79 Å². The molecule has 0 spiro atoms. The maximum atomic E-state index is 12.5. The molecular weight excluding hydrogens is 246 g/mol. The molecule has 0 aromatic carbocycles. The van der Waals surface area contributed by atoms with Gasteiger partial charge in [0.25, 0.3) is 5.91 Å². The fraction of sp³-hybridized carbons (Fsp3) is 0.538. The minimum Gasteiger partial charge on any atom is -0.372 e. The van der Waals surface area contributed by atoms with Gasteiger partial charge in [-0.25, -0.2) is 4.98 Å². The average Bonchev–Trinajstić information content (AvgIpc) is 2.36. The van der Waals surface area contributed by atoms with E-state index in [1.165, 1.54) is 0 Å². The number of amides is 1. The Morgan fingerprint density at radius 3 is 3.00 bits per heavy atom. The molecule has 0 aliphatic carbocycles. The van der Waals surface area contributed by atoms with Crippen LogP contribution in [0.3, 0.4) is 0 Å². The van der Waals surface area contributed by atoms with Gasteiger partial charge in [0.1, 0.15) is 5.82 Å². The van der Waals surface area contributed by atoms with Crippen LogP contribution in [0.1, 0.15) is 24.2 Å². The third kappa shape index (κ3) is 2.77. The highest BCUT2D eigenvalue weighted by Gasteiger charge is 2.30. The fourth-order valence-corrected chi connectivity index (χ4v) is 3.25. The van der Waals surface area contributed by atoms with Gasteiger partial charge in [0.05, 0.1) is 5.56 Å². The first-order valence-electron chi connectivity index (χ1n) is 6.09. The van der Waals surface area contributed by atoms with Crippen molar-refractivity contribution in [3.05, 3.63) is 23.9 Å². The number of aromatic nitrogens is 1. The minimum atomic E-state index is 0.0702. The zero-order valence-electron chi connectivity index (χ0n) is 11.1. The Bertz CT molecular complexity index is 448. The van der Waals surface area contributed by atoms with Crippen LogP contribution in [0.25, 0.3) is 0 Å². The summed E-state index contributed by atoms with van der Waals surface area (Å²) in [5.41, 5.74) is 0.655. The first-order chi connectivity index (χ1) is 8.53. The molecule has 1 N–H and O–H groups in total. The van der Waals surface area contributed by atoms with Crippen LogP contribution < -0.4 is 5.32 Å². The van der Waals surface area contributed by atoms with E-state index in [1.54, 1.807) is 19.3 Å². The predicted molar refractivity (Wildman–Crippen MR) is 76.2 cm³/mol. The molecule has 5 heteroatoms. The quantitative estimate of drug-likeness (QED) is 0.889. The van der Waals surface area contributed by atoms with E-state index in [4.69, 9.17) is 0 Å². The van der Waals surface area contributed by atoms with Gasteiger partial charge >= 0.3 is 0 Å². The molecule has 1 aliphatic rings. The van der Waals surface area contributed by atoms with Crippen LogP contribution in [0, 0.1) is 0 Å². The Morgan fingerprint density at radius 1 is 1.56 bits per heavy atom. The van der Waals surface area contributed by atoms with Gasteiger partial charge in [-0.3, -0.25) is 4.79 Å². The first kappa shape index (κ1) is 13.2. The number of nitrogens with one attached hydrogen (secondary N) is 1. The third-order valence-electron chi connectivity index (χ3n) is 2.99. The molecule has 2 rings (SSSR count). The molecule has 0 saturated carbocycles. The van der Waals surface area contributed by atoms with E-state index < -0.39 is 0 Å². The van der Waals surface area contributed by atoms with E-state index in [0.29, 0.717) is 11.4 Å². The number of hydrogen-bond donors (Lipinski definition) is 1. The van der Waals surface area contributed by atoms with Crippen LogP contribution in [0.15, 0.2) is 18.3 Å². The van der Waals surface area contributed by atoms with Gasteiger partial charge in [-0.1, -0.05) is 0 Å². The Labute approximate surface area is 112 Å². The van der Waals surface area contributed by atoms with Gasteiger partial charge in [0, 0.05) is 36.8 Å². The number of anilines is 1. The summed E-state index contributed by atoms with van der Waals surface area (Å²) in [6.45, 7) is 5.96. The third-order valence-corrected chi connectivity index (χ3v) is 4.29. The number of hydrogen-bond acceptors (Lipinski definition) is 4. The van der Waals surface area contributed by atoms with Crippen LogP contribution in [0.2, 0.25) is 0 Å². The van der Waals surface area contributed by atoms with Crippen molar-refractivity contribution in [2.24, 2.45) is 0 Å². The van der Waals surface area contributed by atoms with Gasteiger partial charge in [0.2, 0.25) is 0 Å². The SMILES string of the molecule is CNc1ncccc1C(=O)N1CCSC(C)(C)C1. The summed E-state index contributed by atoms with van der Waals surface area (Å²) in [6, 6.07) is 3.63. The molecular formula is C13H19N3OS. The summed E-state index contributed by atoms with van der Waals surface area (Å²) in [4.78, 5) is 18.6. The van der Waals surface area contributed by atoms with Gasteiger partial charge in [0.15, 0.2) is 0 Å². The first-order valence-corrected chi connectivity index (χ1v) is 7.08. The molecule has 0 radical (unpaired) electrons. The fourth-order valence-electron chi connectivity index (χ4n) is 2.14. The smallest absolute Gasteiger partial charge is 0.257 e. The Morgan fingerprint density at radius 2 is 2.33 bits per heavy atom. The van der Waals surface area contributed by atoms with Gasteiger partial charge in [-0.05, 0) is 26.0 Å². The van der Waals surface area contributed by atoms with Crippen molar-refractivity contribution in [2.45, 2.75) is 18.6 Å². The summed E-state index contributed by atoms with van der Waals surface area (Å²) in [7, 11) is 1.79. The van der Waals surface area contributed by atoms with Gasteiger partial charge < -0.3 is 10.2 Å². The number of rotatable bonds is 2. The number of carbonyl (C=O) groups excluding carboxylic acids is 1. The highest BCUT2D eigenvalue weighted by molar-refractivity contribution is 8.00. The summed E-state index contributed by atoms with van der Waals surface area (Å²) in [5, 5.41) is 2.97. The lowest BCUT2D eigenvalue weighted by atomic mass is 10.1. The summed E-state index contributed by atoms with van der Waals surface area (Å²) in [5.74, 6) is 1.72. The number of nitrogens with zero attached hydrogens (tertiary/aromatic N) is 2. The monoisotopic (exact) mass is 265 g/mol. The second-order valence-corrected chi connectivity index (χ2v) is 6.79. The van der Waals surface area contributed by atoms with Crippen LogP contribution >= 0.6 is 11.8 Å². The van der Waals surface area contributed by atoms with Crippen molar-refractivity contribution in [1.29, 1.82) is 0 Å². The number of thioether (sulfide) groups is 1.